The van der Waals surface area contributed by atoms with Gasteiger partial charge in [-0.2, -0.15) is 0 Å². The van der Waals surface area contributed by atoms with Gasteiger partial charge in [0.25, 0.3) is 0 Å². The minimum atomic E-state index is -1.31. The normalized spacial score (nSPS) is 12.1. The van der Waals surface area contributed by atoms with E-state index in [4.69, 9.17) is 10.5 Å². The summed E-state index contributed by atoms with van der Waals surface area (Å²) in [6, 6.07) is 11.6. The maximum atomic E-state index is 13.7. The van der Waals surface area contributed by atoms with Gasteiger partial charge in [-0.1, -0.05) is 12.1 Å². The lowest BCUT2D eigenvalue weighted by molar-refractivity contribution is 0.414. The summed E-state index contributed by atoms with van der Waals surface area (Å²) in [4.78, 5) is 0.627. The minimum Gasteiger partial charge on any atom is -0.497 e. The zero-order valence-corrected chi connectivity index (χ0v) is 11.2. The van der Waals surface area contributed by atoms with Crippen LogP contribution in [0.4, 0.5) is 10.1 Å². The smallest absolute Gasteiger partial charge is 0.150 e. The van der Waals surface area contributed by atoms with Crippen molar-refractivity contribution in [1.82, 2.24) is 0 Å². The molecule has 0 saturated heterocycles. The molecule has 100 valence electrons. The lowest BCUT2D eigenvalue weighted by Gasteiger charge is -2.06. The Kier molecular flexibility index (Phi) is 4.16. The van der Waals surface area contributed by atoms with Gasteiger partial charge in [-0.15, -0.1) is 0 Å². The van der Waals surface area contributed by atoms with E-state index < -0.39 is 16.6 Å². The van der Waals surface area contributed by atoms with E-state index in [9.17, 15) is 8.60 Å². The van der Waals surface area contributed by atoms with Gasteiger partial charge in [0.1, 0.15) is 11.6 Å². The molecule has 0 saturated carbocycles. The Morgan fingerprint density at radius 2 is 1.89 bits per heavy atom. The van der Waals surface area contributed by atoms with Gasteiger partial charge in [-0.05, 0) is 30.3 Å². The van der Waals surface area contributed by atoms with Gasteiger partial charge in [0.2, 0.25) is 0 Å². The van der Waals surface area contributed by atoms with E-state index in [1.54, 1.807) is 43.5 Å². The molecule has 0 aliphatic carbocycles. The molecule has 1 unspecified atom stereocenters. The molecule has 0 spiro atoms. The average Bonchev–Trinajstić information content (AvgIpc) is 2.44. The molecule has 2 aromatic carbocycles. The van der Waals surface area contributed by atoms with Crippen LogP contribution in [0.2, 0.25) is 0 Å². The first-order valence-corrected chi connectivity index (χ1v) is 6.99. The molecule has 0 amide bonds. The largest absolute Gasteiger partial charge is 0.497 e. The number of anilines is 1. The monoisotopic (exact) mass is 279 g/mol. The van der Waals surface area contributed by atoms with Crippen LogP contribution in [0.25, 0.3) is 0 Å². The van der Waals surface area contributed by atoms with Gasteiger partial charge in [-0.3, -0.25) is 4.21 Å². The number of ether oxygens (including phenoxy) is 1. The highest BCUT2D eigenvalue weighted by molar-refractivity contribution is 7.84. The van der Waals surface area contributed by atoms with E-state index >= 15 is 0 Å². The topological polar surface area (TPSA) is 52.3 Å². The highest BCUT2D eigenvalue weighted by Gasteiger charge is 2.11. The van der Waals surface area contributed by atoms with Crippen molar-refractivity contribution in [3.63, 3.8) is 0 Å². The van der Waals surface area contributed by atoms with Gasteiger partial charge >= 0.3 is 0 Å². The standard InChI is InChI=1S/C14H14FNO2S/c1-18-11-5-7-12(8-6-11)19(17)9-10-3-2-4-13(16)14(10)15/h2-8H,9,16H2,1H3. The first-order valence-electron chi connectivity index (χ1n) is 5.67. The second-order valence-corrected chi connectivity index (χ2v) is 5.44. The highest BCUT2D eigenvalue weighted by Crippen LogP contribution is 2.20. The summed E-state index contributed by atoms with van der Waals surface area (Å²) in [6.45, 7) is 0. The Morgan fingerprint density at radius 1 is 1.21 bits per heavy atom. The molecule has 0 aliphatic heterocycles. The zero-order chi connectivity index (χ0) is 13.8. The fourth-order valence-corrected chi connectivity index (χ4v) is 2.77. The summed E-state index contributed by atoms with van der Waals surface area (Å²) >= 11 is 0. The van der Waals surface area contributed by atoms with E-state index in [2.05, 4.69) is 0 Å². The van der Waals surface area contributed by atoms with Crippen LogP contribution in [0, 0.1) is 5.82 Å². The average molecular weight is 279 g/mol. The Hall–Kier alpha value is -1.88. The van der Waals surface area contributed by atoms with Gasteiger partial charge in [0, 0.05) is 10.5 Å². The molecule has 0 fully saturated rings. The third-order valence-electron chi connectivity index (χ3n) is 2.72. The van der Waals surface area contributed by atoms with Crippen LogP contribution in [0.15, 0.2) is 47.4 Å². The van der Waals surface area contributed by atoms with Crippen molar-refractivity contribution in [2.45, 2.75) is 10.6 Å². The summed E-state index contributed by atoms with van der Waals surface area (Å²) in [5, 5.41) is 0. The van der Waals surface area contributed by atoms with Crippen LogP contribution in [-0.4, -0.2) is 11.3 Å². The van der Waals surface area contributed by atoms with Gasteiger partial charge in [0.05, 0.1) is 29.3 Å². The van der Waals surface area contributed by atoms with Crippen LogP contribution >= 0.6 is 0 Å². The third kappa shape index (κ3) is 3.12. The molecule has 3 nitrogen and oxygen atoms in total. The second kappa shape index (κ2) is 5.84. The first kappa shape index (κ1) is 13.5. The number of methoxy groups -OCH3 is 1. The fourth-order valence-electron chi connectivity index (χ4n) is 1.66. The molecule has 0 aliphatic rings. The Labute approximate surface area is 113 Å². The molecule has 5 heteroatoms. The van der Waals surface area contributed by atoms with Crippen molar-refractivity contribution in [3.05, 3.63) is 53.8 Å². The predicted molar refractivity (Wildman–Crippen MR) is 73.9 cm³/mol. The molecule has 0 bridgehead atoms. The van der Waals surface area contributed by atoms with Gasteiger partial charge < -0.3 is 10.5 Å². The lowest BCUT2D eigenvalue weighted by Crippen LogP contribution is -2.01. The van der Waals surface area contributed by atoms with Crippen molar-refractivity contribution in [2.24, 2.45) is 0 Å². The molecule has 0 heterocycles. The Bertz CT molecular complexity index is 599. The molecular weight excluding hydrogens is 265 g/mol. The molecule has 1 atom stereocenters. The molecule has 0 aromatic heterocycles. The third-order valence-corrected chi connectivity index (χ3v) is 4.09. The van der Waals surface area contributed by atoms with Crippen molar-refractivity contribution in [1.29, 1.82) is 0 Å². The second-order valence-electron chi connectivity index (χ2n) is 3.99. The molecule has 0 radical (unpaired) electrons. The molecule has 2 rings (SSSR count). The SMILES string of the molecule is COc1ccc(S(=O)Cc2cccc(N)c2F)cc1. The lowest BCUT2D eigenvalue weighted by atomic mass is 10.2. The van der Waals surface area contributed by atoms with Crippen LogP contribution in [0.5, 0.6) is 5.75 Å². The number of nitrogen functional groups attached to an aromatic ring is 1. The zero-order valence-electron chi connectivity index (χ0n) is 10.4. The summed E-state index contributed by atoms with van der Waals surface area (Å²) in [5.74, 6) is 0.295. The molecule has 19 heavy (non-hydrogen) atoms. The number of benzene rings is 2. The molecular formula is C14H14FNO2S. The first-order chi connectivity index (χ1) is 9.11. The van der Waals surface area contributed by atoms with Crippen LogP contribution in [0.3, 0.4) is 0 Å². The van der Waals surface area contributed by atoms with Crippen LogP contribution in [-0.2, 0) is 16.6 Å². The van der Waals surface area contributed by atoms with Crippen molar-refractivity contribution >= 4 is 16.5 Å². The van der Waals surface area contributed by atoms with Crippen molar-refractivity contribution in [2.75, 3.05) is 12.8 Å². The summed E-state index contributed by atoms with van der Waals surface area (Å²) < 4.78 is 30.9. The Morgan fingerprint density at radius 3 is 2.53 bits per heavy atom. The number of nitrogens with two attached hydrogens (primary N) is 1. The van der Waals surface area contributed by atoms with Gasteiger partial charge in [-0.25, -0.2) is 4.39 Å². The number of rotatable bonds is 4. The Balaban J connectivity index is 2.18. The summed E-state index contributed by atoms with van der Waals surface area (Å²) in [6.07, 6.45) is 0. The van der Waals surface area contributed by atoms with Crippen LogP contribution < -0.4 is 10.5 Å². The van der Waals surface area contributed by atoms with Crippen molar-refractivity contribution in [3.8, 4) is 5.75 Å². The van der Waals surface area contributed by atoms with Gasteiger partial charge in [0.15, 0.2) is 0 Å². The maximum absolute atomic E-state index is 13.7. The number of halogens is 1. The maximum Gasteiger partial charge on any atom is 0.150 e. The minimum absolute atomic E-state index is 0.0734. The van der Waals surface area contributed by atoms with E-state index in [1.807, 2.05) is 0 Å². The van der Waals surface area contributed by atoms with E-state index in [0.29, 0.717) is 16.2 Å². The number of hydrogen-bond acceptors (Lipinski definition) is 3. The quantitative estimate of drug-likeness (QED) is 0.875. The van der Waals surface area contributed by atoms with E-state index in [-0.39, 0.29) is 11.4 Å². The summed E-state index contributed by atoms with van der Waals surface area (Å²) in [7, 11) is 0.249. The molecule has 2 aromatic rings. The highest BCUT2D eigenvalue weighted by atomic mass is 32.2. The fraction of sp³-hybridized carbons (Fsp3) is 0.143. The van der Waals surface area contributed by atoms with E-state index in [0.717, 1.165) is 0 Å². The van der Waals surface area contributed by atoms with Crippen LogP contribution in [0.1, 0.15) is 5.56 Å². The van der Waals surface area contributed by atoms with E-state index in [1.165, 1.54) is 6.07 Å². The summed E-state index contributed by atoms with van der Waals surface area (Å²) in [5.41, 5.74) is 5.91. The van der Waals surface area contributed by atoms with Crippen molar-refractivity contribution < 1.29 is 13.3 Å². The predicted octanol–water partition coefficient (Wildman–Crippen LogP) is 2.72. The molecule has 2 N–H and O–H groups in total. The number of hydrogen-bond donors (Lipinski definition) is 1.